The zero-order valence-corrected chi connectivity index (χ0v) is 17.9. The van der Waals surface area contributed by atoms with Gasteiger partial charge in [0.15, 0.2) is 5.11 Å². The van der Waals surface area contributed by atoms with Gasteiger partial charge in [-0.3, -0.25) is 4.79 Å². The van der Waals surface area contributed by atoms with Crippen LogP contribution in [0.2, 0.25) is 0 Å². The highest BCUT2D eigenvalue weighted by atomic mass is 32.1. The monoisotopic (exact) mass is 417 g/mol. The van der Waals surface area contributed by atoms with E-state index in [4.69, 9.17) is 17.0 Å². The molecule has 1 atom stereocenters. The van der Waals surface area contributed by atoms with Crippen molar-refractivity contribution < 1.29 is 9.53 Å². The Hall–Kier alpha value is -3.38. The maximum atomic E-state index is 13.4. The average molecular weight is 418 g/mol. The van der Waals surface area contributed by atoms with Crippen molar-refractivity contribution in [2.45, 2.75) is 19.9 Å². The summed E-state index contributed by atoms with van der Waals surface area (Å²) in [4.78, 5) is 13.4. The largest absolute Gasteiger partial charge is 0.496 e. The summed E-state index contributed by atoms with van der Waals surface area (Å²) in [5.74, 6) is 0.503. The van der Waals surface area contributed by atoms with Gasteiger partial charge in [-0.15, -0.1) is 0 Å². The molecule has 1 amide bonds. The van der Waals surface area contributed by atoms with Crippen LogP contribution in [0.15, 0.2) is 71.9 Å². The van der Waals surface area contributed by atoms with Crippen LogP contribution in [-0.4, -0.2) is 18.1 Å². The van der Waals surface area contributed by atoms with E-state index >= 15 is 0 Å². The van der Waals surface area contributed by atoms with Crippen LogP contribution in [0.25, 0.3) is 10.8 Å². The van der Waals surface area contributed by atoms with E-state index < -0.39 is 6.04 Å². The standard InChI is InChI=1S/C24H23N3O2S/c1-14-8-11-17(12-9-14)26-23(28)20-15(2)25-24(30)27-22(20)21-18-7-5-4-6-16(18)10-13-19(21)29-3/h4-13,22H,1-3H3,(H,26,28)(H2,25,27,30)/t22-/m0/s1. The Morgan fingerprint density at radius 2 is 1.77 bits per heavy atom. The van der Waals surface area contributed by atoms with Crippen LogP contribution in [0.5, 0.6) is 5.75 Å². The van der Waals surface area contributed by atoms with E-state index in [-0.39, 0.29) is 5.91 Å². The minimum Gasteiger partial charge on any atom is -0.496 e. The smallest absolute Gasteiger partial charge is 0.255 e. The minimum atomic E-state index is -0.453. The number of carbonyl (C=O) groups is 1. The number of amides is 1. The van der Waals surface area contributed by atoms with Gasteiger partial charge >= 0.3 is 0 Å². The van der Waals surface area contributed by atoms with Crippen LogP contribution < -0.4 is 20.7 Å². The van der Waals surface area contributed by atoms with E-state index in [2.05, 4.69) is 16.0 Å². The molecule has 0 bridgehead atoms. The van der Waals surface area contributed by atoms with E-state index in [0.29, 0.717) is 22.1 Å². The van der Waals surface area contributed by atoms with Gasteiger partial charge in [-0.25, -0.2) is 0 Å². The van der Waals surface area contributed by atoms with Crippen molar-refractivity contribution in [2.75, 3.05) is 12.4 Å². The summed E-state index contributed by atoms with van der Waals surface area (Å²) in [5.41, 5.74) is 4.03. The number of benzene rings is 3. The van der Waals surface area contributed by atoms with Crippen molar-refractivity contribution in [3.8, 4) is 5.75 Å². The van der Waals surface area contributed by atoms with Crippen LogP contribution in [0, 0.1) is 6.92 Å². The molecule has 0 saturated carbocycles. The lowest BCUT2D eigenvalue weighted by molar-refractivity contribution is -0.113. The maximum Gasteiger partial charge on any atom is 0.255 e. The van der Waals surface area contributed by atoms with Crippen molar-refractivity contribution in [1.82, 2.24) is 10.6 Å². The Morgan fingerprint density at radius 1 is 1.03 bits per heavy atom. The van der Waals surface area contributed by atoms with Crippen molar-refractivity contribution >= 4 is 39.7 Å². The molecule has 3 aromatic carbocycles. The molecular weight excluding hydrogens is 394 g/mol. The summed E-state index contributed by atoms with van der Waals surface area (Å²) in [6.07, 6.45) is 0. The fourth-order valence-corrected chi connectivity index (χ4v) is 4.07. The maximum absolute atomic E-state index is 13.4. The van der Waals surface area contributed by atoms with Gasteiger partial charge in [0.2, 0.25) is 0 Å². The number of nitrogens with one attached hydrogen (secondary N) is 3. The molecule has 1 aliphatic heterocycles. The SMILES string of the molecule is COc1ccc2ccccc2c1[C@H]1NC(=S)NC(C)=C1C(=O)Nc1ccc(C)cc1. The molecule has 0 aliphatic carbocycles. The number of rotatable bonds is 4. The fraction of sp³-hybridized carbons (Fsp3) is 0.167. The van der Waals surface area contributed by atoms with E-state index in [1.54, 1.807) is 7.11 Å². The Labute approximate surface area is 181 Å². The summed E-state index contributed by atoms with van der Waals surface area (Å²) in [6, 6.07) is 19.3. The number of allylic oxidation sites excluding steroid dienone is 1. The molecule has 3 N–H and O–H groups in total. The summed E-state index contributed by atoms with van der Waals surface area (Å²) >= 11 is 5.42. The van der Waals surface area contributed by atoms with Gasteiger partial charge in [0.25, 0.3) is 5.91 Å². The van der Waals surface area contributed by atoms with Crippen LogP contribution in [-0.2, 0) is 4.79 Å². The predicted molar refractivity (Wildman–Crippen MR) is 125 cm³/mol. The van der Waals surface area contributed by atoms with Gasteiger partial charge in [-0.05, 0) is 55.0 Å². The quantitative estimate of drug-likeness (QED) is 0.542. The van der Waals surface area contributed by atoms with E-state index in [1.807, 2.05) is 74.5 Å². The van der Waals surface area contributed by atoms with Crippen LogP contribution >= 0.6 is 12.2 Å². The number of thiocarbonyl (C=S) groups is 1. The number of methoxy groups -OCH3 is 1. The highest BCUT2D eigenvalue weighted by molar-refractivity contribution is 7.80. The average Bonchev–Trinajstić information content (AvgIpc) is 2.73. The van der Waals surface area contributed by atoms with Gasteiger partial charge in [-0.1, -0.05) is 48.0 Å². The Bertz CT molecular complexity index is 1170. The number of hydrogen-bond donors (Lipinski definition) is 3. The summed E-state index contributed by atoms with van der Waals surface area (Å²) in [6.45, 7) is 3.87. The van der Waals surface area contributed by atoms with Crippen molar-refractivity contribution in [1.29, 1.82) is 0 Å². The molecule has 152 valence electrons. The number of aryl methyl sites for hydroxylation is 1. The lowest BCUT2D eigenvalue weighted by atomic mass is 9.90. The molecule has 3 aromatic rings. The lowest BCUT2D eigenvalue weighted by Gasteiger charge is -2.32. The second kappa shape index (κ2) is 8.16. The molecular formula is C24H23N3O2S. The number of ether oxygens (including phenoxy) is 1. The first-order chi connectivity index (χ1) is 14.5. The zero-order chi connectivity index (χ0) is 21.3. The Balaban J connectivity index is 1.82. The summed E-state index contributed by atoms with van der Waals surface area (Å²) in [5, 5.41) is 11.9. The minimum absolute atomic E-state index is 0.196. The normalized spacial score (nSPS) is 16.1. The molecule has 0 spiro atoms. The lowest BCUT2D eigenvalue weighted by Crippen LogP contribution is -2.46. The second-order valence-corrected chi connectivity index (χ2v) is 7.70. The zero-order valence-electron chi connectivity index (χ0n) is 17.1. The third-order valence-corrected chi connectivity index (χ3v) is 5.48. The summed E-state index contributed by atoms with van der Waals surface area (Å²) in [7, 11) is 1.63. The molecule has 1 aliphatic rings. The Morgan fingerprint density at radius 3 is 2.50 bits per heavy atom. The first-order valence-corrected chi connectivity index (χ1v) is 10.1. The molecule has 4 rings (SSSR count). The molecule has 30 heavy (non-hydrogen) atoms. The van der Waals surface area contributed by atoms with Gasteiger partial charge in [-0.2, -0.15) is 0 Å². The second-order valence-electron chi connectivity index (χ2n) is 7.29. The van der Waals surface area contributed by atoms with Gasteiger partial charge in [0.05, 0.1) is 18.7 Å². The molecule has 0 radical (unpaired) electrons. The van der Waals surface area contributed by atoms with E-state index in [1.165, 1.54) is 0 Å². The molecule has 0 fully saturated rings. The molecule has 0 aromatic heterocycles. The molecule has 5 nitrogen and oxygen atoms in total. The van der Waals surface area contributed by atoms with Gasteiger partial charge < -0.3 is 20.7 Å². The number of anilines is 1. The Kier molecular flexibility index (Phi) is 5.42. The van der Waals surface area contributed by atoms with Crippen LogP contribution in [0.4, 0.5) is 5.69 Å². The summed E-state index contributed by atoms with van der Waals surface area (Å²) < 4.78 is 5.68. The molecule has 1 heterocycles. The number of hydrogen-bond acceptors (Lipinski definition) is 3. The first kappa shape index (κ1) is 19.9. The van der Waals surface area contributed by atoms with Crippen molar-refractivity contribution in [3.63, 3.8) is 0 Å². The van der Waals surface area contributed by atoms with E-state index in [0.717, 1.165) is 27.6 Å². The fourth-order valence-electron chi connectivity index (χ4n) is 3.80. The highest BCUT2D eigenvalue weighted by Gasteiger charge is 2.33. The molecule has 6 heteroatoms. The molecule has 0 unspecified atom stereocenters. The first-order valence-electron chi connectivity index (χ1n) is 9.70. The van der Waals surface area contributed by atoms with E-state index in [9.17, 15) is 4.79 Å². The van der Waals surface area contributed by atoms with Crippen molar-refractivity contribution in [2.24, 2.45) is 0 Å². The molecule has 0 saturated heterocycles. The van der Waals surface area contributed by atoms with Crippen LogP contribution in [0.3, 0.4) is 0 Å². The topological polar surface area (TPSA) is 62.4 Å². The number of carbonyl (C=O) groups excluding carboxylic acids is 1. The van der Waals surface area contributed by atoms with Gasteiger partial charge in [0, 0.05) is 16.9 Å². The van der Waals surface area contributed by atoms with Crippen molar-refractivity contribution in [3.05, 3.63) is 83.1 Å². The highest BCUT2D eigenvalue weighted by Crippen LogP contribution is 2.38. The predicted octanol–water partition coefficient (Wildman–Crippen LogP) is 4.59. The van der Waals surface area contributed by atoms with Crippen LogP contribution in [0.1, 0.15) is 24.1 Å². The third kappa shape index (κ3) is 3.74. The third-order valence-electron chi connectivity index (χ3n) is 5.26. The van der Waals surface area contributed by atoms with Gasteiger partial charge in [0.1, 0.15) is 5.75 Å². The number of fused-ring (bicyclic) bond motifs is 1.